The summed E-state index contributed by atoms with van der Waals surface area (Å²) in [5.74, 6) is -0.888. The number of nitrogens with zero attached hydrogens (tertiary/aromatic N) is 3. The molecule has 7 nitrogen and oxygen atoms in total. The number of hydrogen-bond donors (Lipinski definition) is 1. The van der Waals surface area contributed by atoms with Crippen LogP contribution in [0.2, 0.25) is 15.1 Å². The first kappa shape index (κ1) is 26.6. The number of nitro groups is 1. The second kappa shape index (κ2) is 9.55. The lowest BCUT2D eigenvalue weighted by Gasteiger charge is -2.18. The molecule has 0 aliphatic heterocycles. The van der Waals surface area contributed by atoms with E-state index in [1.54, 1.807) is 0 Å². The maximum atomic E-state index is 13.4. The van der Waals surface area contributed by atoms with E-state index < -0.39 is 63.0 Å². The number of hydrogen-bond acceptors (Lipinski definition) is 5. The van der Waals surface area contributed by atoms with Gasteiger partial charge in [0.05, 0.1) is 17.0 Å². The maximum Gasteiger partial charge on any atom is 0.435 e. The highest BCUT2D eigenvalue weighted by atomic mass is 35.5. The first-order valence-electron chi connectivity index (χ1n) is 9.03. The summed E-state index contributed by atoms with van der Waals surface area (Å²) in [4.78, 5) is 26.2. The summed E-state index contributed by atoms with van der Waals surface area (Å²) >= 11 is 17.5. The first-order chi connectivity index (χ1) is 16.1. The van der Waals surface area contributed by atoms with Gasteiger partial charge >= 0.3 is 12.4 Å². The SMILES string of the molecule is O=c1c(Cl)c(C(F)(F)F)nc(Nc2ccc(C(F)(F)F)cc2[N+](=O)[O-])n1Cc1ccc(Cl)cc1Cl. The van der Waals surface area contributed by atoms with Crippen LogP contribution in [-0.2, 0) is 18.9 Å². The second-order valence-electron chi connectivity index (χ2n) is 6.83. The zero-order chi connectivity index (χ0) is 26.3. The predicted octanol–water partition coefficient (Wildman–Crippen LogP) is 6.94. The molecule has 0 amide bonds. The standard InChI is InChI=1S/C19H9Cl3F6N4O3/c20-10-3-1-8(11(21)6-10)7-31-16(33)14(22)15(19(26,27)28)30-17(31)29-12-4-2-9(18(23,24)25)5-13(12)32(34)35/h1-6H,7H2,(H,29,30). The van der Waals surface area contributed by atoms with Gasteiger partial charge in [-0.2, -0.15) is 26.3 Å². The molecule has 0 atom stereocenters. The van der Waals surface area contributed by atoms with E-state index in [1.807, 2.05) is 0 Å². The van der Waals surface area contributed by atoms with Gasteiger partial charge in [-0.25, -0.2) is 4.98 Å². The highest BCUT2D eigenvalue weighted by Crippen LogP contribution is 2.37. The van der Waals surface area contributed by atoms with Gasteiger partial charge in [-0.3, -0.25) is 19.5 Å². The molecular formula is C19H9Cl3F6N4O3. The molecule has 1 aromatic heterocycles. The Morgan fingerprint density at radius 3 is 2.20 bits per heavy atom. The molecular weight excluding hydrogens is 553 g/mol. The van der Waals surface area contributed by atoms with Crippen molar-refractivity contribution in [3.05, 3.63) is 88.8 Å². The number of benzene rings is 2. The van der Waals surface area contributed by atoms with Gasteiger partial charge in [-0.05, 0) is 29.8 Å². The third-order valence-corrected chi connectivity index (χ3v) is 5.42. The molecule has 0 radical (unpaired) electrons. The van der Waals surface area contributed by atoms with Gasteiger partial charge < -0.3 is 5.32 Å². The number of anilines is 2. The number of halogens is 9. The average molecular weight is 562 g/mol. The van der Waals surface area contributed by atoms with Gasteiger partial charge in [-0.15, -0.1) is 0 Å². The summed E-state index contributed by atoms with van der Waals surface area (Å²) in [6.45, 7) is -0.517. The van der Waals surface area contributed by atoms with Crippen LogP contribution in [0.4, 0.5) is 43.7 Å². The summed E-state index contributed by atoms with van der Waals surface area (Å²) in [7, 11) is 0. The minimum absolute atomic E-state index is 0.0203. The van der Waals surface area contributed by atoms with Crippen molar-refractivity contribution in [3.63, 3.8) is 0 Å². The van der Waals surface area contributed by atoms with E-state index in [-0.39, 0.29) is 21.7 Å². The molecule has 0 aliphatic carbocycles. The molecule has 0 spiro atoms. The van der Waals surface area contributed by atoms with E-state index in [2.05, 4.69) is 10.3 Å². The van der Waals surface area contributed by atoms with Crippen LogP contribution < -0.4 is 10.9 Å². The molecule has 3 rings (SSSR count). The van der Waals surface area contributed by atoms with Crippen molar-refractivity contribution in [2.45, 2.75) is 18.9 Å². The van der Waals surface area contributed by atoms with Crippen molar-refractivity contribution in [2.24, 2.45) is 0 Å². The van der Waals surface area contributed by atoms with E-state index in [0.29, 0.717) is 16.7 Å². The van der Waals surface area contributed by atoms with Gasteiger partial charge in [0, 0.05) is 16.1 Å². The summed E-state index contributed by atoms with van der Waals surface area (Å²) in [6, 6.07) is 5.29. The zero-order valence-corrected chi connectivity index (χ0v) is 18.9. The van der Waals surface area contributed by atoms with Crippen LogP contribution in [0, 0.1) is 10.1 Å². The fourth-order valence-electron chi connectivity index (χ4n) is 2.87. The molecule has 2 aromatic carbocycles. The van der Waals surface area contributed by atoms with E-state index in [0.717, 1.165) is 0 Å². The second-order valence-corrected chi connectivity index (χ2v) is 8.06. The van der Waals surface area contributed by atoms with Crippen LogP contribution in [0.15, 0.2) is 41.2 Å². The molecule has 1 N–H and O–H groups in total. The topological polar surface area (TPSA) is 90.1 Å². The Kier molecular flexibility index (Phi) is 7.25. The number of aromatic nitrogens is 2. The number of alkyl halides is 6. The van der Waals surface area contributed by atoms with Crippen molar-refractivity contribution < 1.29 is 31.3 Å². The minimum atomic E-state index is -5.20. The fraction of sp³-hybridized carbons (Fsp3) is 0.158. The number of rotatable bonds is 5. The minimum Gasteiger partial charge on any atom is -0.320 e. The Hall–Kier alpha value is -3.03. The van der Waals surface area contributed by atoms with Gasteiger partial charge in [0.15, 0.2) is 5.69 Å². The van der Waals surface area contributed by atoms with Crippen LogP contribution in [0.1, 0.15) is 16.8 Å². The third-order valence-electron chi connectivity index (χ3n) is 4.49. The van der Waals surface area contributed by atoms with Crippen LogP contribution in [0.25, 0.3) is 0 Å². The van der Waals surface area contributed by atoms with Gasteiger partial charge in [0.1, 0.15) is 10.7 Å². The number of nitrogens with one attached hydrogen (secondary N) is 1. The monoisotopic (exact) mass is 560 g/mol. The molecule has 35 heavy (non-hydrogen) atoms. The summed E-state index contributed by atoms with van der Waals surface area (Å²) in [5, 5.41) is 12.5. The molecule has 0 fully saturated rings. The van der Waals surface area contributed by atoms with Crippen molar-refractivity contribution in [2.75, 3.05) is 5.32 Å². The van der Waals surface area contributed by atoms with Crippen molar-refractivity contribution in [1.29, 1.82) is 0 Å². The van der Waals surface area contributed by atoms with E-state index in [4.69, 9.17) is 34.8 Å². The quantitative estimate of drug-likeness (QED) is 0.207. The summed E-state index contributed by atoms with van der Waals surface area (Å²) in [6.07, 6.45) is -10.1. The Morgan fingerprint density at radius 1 is 1.00 bits per heavy atom. The first-order valence-corrected chi connectivity index (χ1v) is 10.2. The van der Waals surface area contributed by atoms with E-state index in [9.17, 15) is 41.3 Å². The Bertz CT molecular complexity index is 1380. The highest BCUT2D eigenvalue weighted by molar-refractivity contribution is 6.35. The lowest BCUT2D eigenvalue weighted by atomic mass is 10.1. The summed E-state index contributed by atoms with van der Waals surface area (Å²) in [5.41, 5.74) is -6.19. The molecule has 1 heterocycles. The lowest BCUT2D eigenvalue weighted by molar-refractivity contribution is -0.384. The normalized spacial score (nSPS) is 12.0. The zero-order valence-electron chi connectivity index (χ0n) is 16.6. The average Bonchev–Trinajstić information content (AvgIpc) is 2.73. The maximum absolute atomic E-state index is 13.4. The Morgan fingerprint density at radius 2 is 1.66 bits per heavy atom. The van der Waals surface area contributed by atoms with Crippen molar-refractivity contribution in [3.8, 4) is 0 Å². The Balaban J connectivity index is 2.22. The van der Waals surface area contributed by atoms with Crippen molar-refractivity contribution >= 4 is 52.1 Å². The van der Waals surface area contributed by atoms with Crippen LogP contribution in [0.3, 0.4) is 0 Å². The van der Waals surface area contributed by atoms with Gasteiger partial charge in [0.2, 0.25) is 5.95 Å². The fourth-order valence-corrected chi connectivity index (χ4v) is 3.59. The molecule has 186 valence electrons. The molecule has 0 saturated heterocycles. The third kappa shape index (κ3) is 5.80. The van der Waals surface area contributed by atoms with E-state index in [1.165, 1.54) is 18.2 Å². The molecule has 0 aliphatic rings. The lowest BCUT2D eigenvalue weighted by Crippen LogP contribution is -2.29. The Labute approximate surface area is 206 Å². The highest BCUT2D eigenvalue weighted by Gasteiger charge is 2.38. The number of nitro benzene ring substituents is 1. The molecule has 0 saturated carbocycles. The largest absolute Gasteiger partial charge is 0.435 e. The predicted molar refractivity (Wildman–Crippen MR) is 115 cm³/mol. The van der Waals surface area contributed by atoms with Gasteiger partial charge in [0.25, 0.3) is 11.2 Å². The van der Waals surface area contributed by atoms with Crippen LogP contribution >= 0.6 is 34.8 Å². The smallest absolute Gasteiger partial charge is 0.320 e. The van der Waals surface area contributed by atoms with Crippen LogP contribution in [-0.4, -0.2) is 14.5 Å². The van der Waals surface area contributed by atoms with Crippen LogP contribution in [0.5, 0.6) is 0 Å². The van der Waals surface area contributed by atoms with Gasteiger partial charge in [-0.1, -0.05) is 40.9 Å². The molecule has 0 bridgehead atoms. The summed E-state index contributed by atoms with van der Waals surface area (Å²) < 4.78 is 79.8. The molecule has 3 aromatic rings. The molecule has 0 unspecified atom stereocenters. The van der Waals surface area contributed by atoms with Crippen molar-refractivity contribution in [1.82, 2.24) is 9.55 Å². The molecule has 16 heteroatoms. The van der Waals surface area contributed by atoms with E-state index >= 15 is 0 Å².